The van der Waals surface area contributed by atoms with Gasteiger partial charge in [-0.3, -0.25) is 0 Å². The highest BCUT2D eigenvalue weighted by molar-refractivity contribution is 7.88. The lowest BCUT2D eigenvalue weighted by molar-refractivity contribution is 0.584. The van der Waals surface area contributed by atoms with Gasteiger partial charge in [0.05, 0.1) is 18.5 Å². The van der Waals surface area contributed by atoms with Crippen LogP contribution in [0.15, 0.2) is 24.3 Å². The Balaban J connectivity index is 2.25. The Morgan fingerprint density at radius 3 is 2.56 bits per heavy atom. The van der Waals surface area contributed by atoms with Gasteiger partial charge in [0.15, 0.2) is 5.82 Å². The van der Waals surface area contributed by atoms with Gasteiger partial charge in [-0.15, -0.1) is 5.10 Å². The molecule has 1 heterocycles. The summed E-state index contributed by atoms with van der Waals surface area (Å²) in [6, 6.07) is 7.61. The summed E-state index contributed by atoms with van der Waals surface area (Å²) >= 11 is 0. The molecule has 0 saturated carbocycles. The van der Waals surface area contributed by atoms with Crippen molar-refractivity contribution in [2.24, 2.45) is 0 Å². The number of hydrogen-bond donors (Lipinski definition) is 1. The molecule has 0 amide bonds. The Kier molecular flexibility index (Phi) is 3.39. The van der Waals surface area contributed by atoms with E-state index < -0.39 is 10.0 Å². The van der Waals surface area contributed by atoms with Crippen LogP contribution in [-0.2, 0) is 16.6 Å². The number of aromatic nitrogens is 4. The Labute approximate surface area is 105 Å². The summed E-state index contributed by atoms with van der Waals surface area (Å²) in [6.07, 6.45) is 1.09. The van der Waals surface area contributed by atoms with E-state index >= 15 is 0 Å². The average molecular weight is 267 g/mol. The molecule has 0 spiro atoms. The highest BCUT2D eigenvalue weighted by Gasteiger charge is 2.10. The molecule has 96 valence electrons. The molecule has 0 fully saturated rings. The number of rotatable bonds is 4. The first-order valence-corrected chi connectivity index (χ1v) is 7.14. The Morgan fingerprint density at radius 1 is 1.28 bits per heavy atom. The van der Waals surface area contributed by atoms with Gasteiger partial charge in [-0.05, 0) is 29.5 Å². The van der Waals surface area contributed by atoms with Gasteiger partial charge in [0.25, 0.3) is 0 Å². The second kappa shape index (κ2) is 4.83. The maximum atomic E-state index is 11.0. The highest BCUT2D eigenvalue weighted by atomic mass is 32.2. The van der Waals surface area contributed by atoms with Gasteiger partial charge in [-0.25, -0.2) is 13.1 Å². The first-order valence-electron chi connectivity index (χ1n) is 5.25. The monoisotopic (exact) mass is 267 g/mol. The molecular formula is C10H13N5O2S. The molecule has 2 rings (SSSR count). The molecule has 1 aromatic heterocycles. The van der Waals surface area contributed by atoms with E-state index in [1.165, 1.54) is 4.68 Å². The van der Waals surface area contributed by atoms with Crippen LogP contribution in [0.25, 0.3) is 5.69 Å². The summed E-state index contributed by atoms with van der Waals surface area (Å²) in [5.41, 5.74) is 1.92. The topological polar surface area (TPSA) is 89.8 Å². The Bertz CT molecular complexity index is 633. The van der Waals surface area contributed by atoms with Crippen molar-refractivity contribution in [2.75, 3.05) is 6.26 Å². The van der Waals surface area contributed by atoms with Crippen LogP contribution in [0.5, 0.6) is 0 Å². The zero-order valence-electron chi connectivity index (χ0n) is 10.0. The third-order valence-corrected chi connectivity index (χ3v) is 2.97. The maximum absolute atomic E-state index is 11.0. The molecular weight excluding hydrogens is 254 g/mol. The van der Waals surface area contributed by atoms with Gasteiger partial charge in [-0.2, -0.15) is 4.68 Å². The minimum Gasteiger partial charge on any atom is -0.213 e. The van der Waals surface area contributed by atoms with E-state index in [4.69, 9.17) is 0 Å². The van der Waals surface area contributed by atoms with Crippen molar-refractivity contribution in [3.63, 3.8) is 0 Å². The number of benzene rings is 1. The van der Waals surface area contributed by atoms with Crippen LogP contribution in [0.2, 0.25) is 0 Å². The first kappa shape index (κ1) is 12.7. The molecule has 0 saturated heterocycles. The summed E-state index contributed by atoms with van der Waals surface area (Å²) < 4.78 is 25.9. The molecule has 18 heavy (non-hydrogen) atoms. The molecule has 0 aliphatic rings. The number of aryl methyl sites for hydroxylation is 1. The van der Waals surface area contributed by atoms with Crippen LogP contribution < -0.4 is 4.72 Å². The predicted octanol–water partition coefficient (Wildman–Crippen LogP) is 0.0199. The van der Waals surface area contributed by atoms with Crippen LogP contribution in [-0.4, -0.2) is 34.9 Å². The molecule has 0 atom stereocenters. The first-order chi connectivity index (χ1) is 8.46. The Hall–Kier alpha value is -1.80. The van der Waals surface area contributed by atoms with Crippen molar-refractivity contribution in [2.45, 2.75) is 13.5 Å². The fourth-order valence-corrected chi connectivity index (χ4v) is 1.79. The average Bonchev–Trinajstić information content (AvgIpc) is 2.75. The van der Waals surface area contributed by atoms with E-state index in [2.05, 4.69) is 20.2 Å². The normalized spacial score (nSPS) is 11.7. The van der Waals surface area contributed by atoms with Gasteiger partial charge in [0.1, 0.15) is 0 Å². The zero-order chi connectivity index (χ0) is 13.2. The van der Waals surface area contributed by atoms with Crippen molar-refractivity contribution in [1.82, 2.24) is 24.9 Å². The molecule has 1 N–H and O–H groups in total. The SMILES string of the molecule is Cc1ccc(-n2nnnc2CNS(C)(=O)=O)cc1. The standard InChI is InChI=1S/C10H13N5O2S/c1-8-3-5-9(6-4-8)15-10(12-13-14-15)7-11-18(2,16)17/h3-6,11H,7H2,1-2H3. The van der Waals surface area contributed by atoms with Gasteiger partial charge in [-0.1, -0.05) is 17.7 Å². The predicted molar refractivity (Wildman–Crippen MR) is 65.6 cm³/mol. The van der Waals surface area contributed by atoms with Crippen LogP contribution >= 0.6 is 0 Å². The van der Waals surface area contributed by atoms with Gasteiger partial charge in [0, 0.05) is 0 Å². The van der Waals surface area contributed by atoms with E-state index in [-0.39, 0.29) is 6.54 Å². The van der Waals surface area contributed by atoms with E-state index in [1.54, 1.807) is 0 Å². The van der Waals surface area contributed by atoms with Gasteiger partial charge < -0.3 is 0 Å². The quantitative estimate of drug-likeness (QED) is 0.843. The lowest BCUT2D eigenvalue weighted by Crippen LogP contribution is -2.23. The molecule has 0 bridgehead atoms. The number of hydrogen-bond acceptors (Lipinski definition) is 5. The van der Waals surface area contributed by atoms with E-state index in [0.717, 1.165) is 17.5 Å². The second-order valence-corrected chi connectivity index (χ2v) is 5.77. The smallest absolute Gasteiger partial charge is 0.209 e. The fraction of sp³-hybridized carbons (Fsp3) is 0.300. The maximum Gasteiger partial charge on any atom is 0.209 e. The minimum atomic E-state index is -3.26. The molecule has 2 aromatic rings. The number of sulfonamides is 1. The number of nitrogens with zero attached hydrogens (tertiary/aromatic N) is 4. The van der Waals surface area contributed by atoms with Crippen LogP contribution in [0.3, 0.4) is 0 Å². The highest BCUT2D eigenvalue weighted by Crippen LogP contribution is 2.09. The zero-order valence-corrected chi connectivity index (χ0v) is 10.8. The van der Waals surface area contributed by atoms with Gasteiger partial charge >= 0.3 is 0 Å². The molecule has 0 aliphatic heterocycles. The summed E-state index contributed by atoms with van der Waals surface area (Å²) in [4.78, 5) is 0. The molecule has 8 heteroatoms. The van der Waals surface area contributed by atoms with Crippen LogP contribution in [0.4, 0.5) is 0 Å². The molecule has 0 aliphatic carbocycles. The lowest BCUT2D eigenvalue weighted by atomic mass is 10.2. The summed E-state index contributed by atoms with van der Waals surface area (Å²) in [5.74, 6) is 0.435. The Morgan fingerprint density at radius 2 is 1.94 bits per heavy atom. The largest absolute Gasteiger partial charge is 0.213 e. The van der Waals surface area contributed by atoms with E-state index in [1.807, 2.05) is 31.2 Å². The fourth-order valence-electron chi connectivity index (χ4n) is 1.40. The van der Waals surface area contributed by atoms with Crippen molar-refractivity contribution < 1.29 is 8.42 Å². The van der Waals surface area contributed by atoms with Crippen molar-refractivity contribution in [3.8, 4) is 5.69 Å². The molecule has 0 unspecified atom stereocenters. The summed E-state index contributed by atoms with van der Waals surface area (Å²) in [6.45, 7) is 2.04. The molecule has 0 radical (unpaired) electrons. The third-order valence-electron chi connectivity index (χ3n) is 2.31. The lowest BCUT2D eigenvalue weighted by Gasteiger charge is -2.05. The van der Waals surface area contributed by atoms with E-state index in [9.17, 15) is 8.42 Å². The van der Waals surface area contributed by atoms with E-state index in [0.29, 0.717) is 5.82 Å². The second-order valence-electron chi connectivity index (χ2n) is 3.94. The summed E-state index contributed by atoms with van der Waals surface area (Å²) in [7, 11) is -3.26. The van der Waals surface area contributed by atoms with Crippen molar-refractivity contribution in [3.05, 3.63) is 35.7 Å². The van der Waals surface area contributed by atoms with Crippen molar-refractivity contribution in [1.29, 1.82) is 0 Å². The number of tetrazole rings is 1. The van der Waals surface area contributed by atoms with Crippen LogP contribution in [0, 0.1) is 6.92 Å². The summed E-state index contributed by atoms with van der Waals surface area (Å²) in [5, 5.41) is 11.2. The van der Waals surface area contributed by atoms with Crippen molar-refractivity contribution >= 4 is 10.0 Å². The van der Waals surface area contributed by atoms with Gasteiger partial charge in [0.2, 0.25) is 10.0 Å². The minimum absolute atomic E-state index is 0.0553. The third kappa shape index (κ3) is 3.11. The molecule has 1 aromatic carbocycles. The molecule has 7 nitrogen and oxygen atoms in total. The van der Waals surface area contributed by atoms with Crippen LogP contribution in [0.1, 0.15) is 11.4 Å². The number of nitrogens with one attached hydrogen (secondary N) is 1.